The monoisotopic (exact) mass is 352 g/mol. The van der Waals surface area contributed by atoms with Gasteiger partial charge < -0.3 is 4.74 Å². The molecule has 4 rings (SSSR count). The van der Waals surface area contributed by atoms with Crippen LogP contribution in [-0.4, -0.2) is 17.3 Å². The zero-order valence-electron chi connectivity index (χ0n) is 13.7. The van der Waals surface area contributed by atoms with Crippen molar-refractivity contribution < 1.29 is 4.74 Å². The molecule has 1 heterocycles. The van der Waals surface area contributed by atoms with Gasteiger partial charge in [0, 0.05) is 10.9 Å². The van der Waals surface area contributed by atoms with Crippen molar-refractivity contribution in [1.82, 2.24) is 10.2 Å². The molecule has 0 aliphatic heterocycles. The molecule has 3 aromatic rings. The smallest absolute Gasteiger partial charge is 0.268 e. The van der Waals surface area contributed by atoms with Crippen molar-refractivity contribution in [2.45, 2.75) is 12.3 Å². The molecule has 126 valence electrons. The van der Waals surface area contributed by atoms with E-state index in [1.807, 2.05) is 54.6 Å². The van der Waals surface area contributed by atoms with Crippen LogP contribution >= 0.6 is 11.6 Å². The molecule has 1 aliphatic carbocycles. The largest absolute Gasteiger partial charge is 0.497 e. The molecule has 0 fully saturated rings. The minimum absolute atomic E-state index is 0.00779. The molecule has 0 bridgehead atoms. The van der Waals surface area contributed by atoms with Crippen LogP contribution in [0.25, 0.3) is 11.6 Å². The molecule has 0 amide bonds. The third kappa shape index (κ3) is 2.89. The van der Waals surface area contributed by atoms with Gasteiger partial charge in [0.1, 0.15) is 5.75 Å². The minimum Gasteiger partial charge on any atom is -0.497 e. The fourth-order valence-corrected chi connectivity index (χ4v) is 3.51. The number of nitrogens with one attached hydrogen (secondary N) is 2. The van der Waals surface area contributed by atoms with Gasteiger partial charge in [-0.2, -0.15) is 0 Å². The molecule has 0 spiro atoms. The van der Waals surface area contributed by atoms with Crippen molar-refractivity contribution in [3.8, 4) is 5.75 Å². The average molecular weight is 353 g/mol. The Kier molecular flexibility index (Phi) is 3.98. The number of benzene rings is 2. The zero-order valence-corrected chi connectivity index (χ0v) is 14.4. The second kappa shape index (κ2) is 6.30. The van der Waals surface area contributed by atoms with Crippen LogP contribution in [0, 0.1) is 0 Å². The van der Waals surface area contributed by atoms with Crippen LogP contribution in [0.4, 0.5) is 0 Å². The molecule has 1 atom stereocenters. The van der Waals surface area contributed by atoms with Gasteiger partial charge in [0.15, 0.2) is 0 Å². The minimum atomic E-state index is -0.0674. The van der Waals surface area contributed by atoms with Gasteiger partial charge in [-0.05, 0) is 53.5 Å². The summed E-state index contributed by atoms with van der Waals surface area (Å²) in [6, 6.07) is 15.7. The summed E-state index contributed by atoms with van der Waals surface area (Å²) in [4.78, 5) is 12.3. The van der Waals surface area contributed by atoms with Gasteiger partial charge in [-0.15, -0.1) is 0 Å². The van der Waals surface area contributed by atoms with Crippen LogP contribution in [0.1, 0.15) is 34.7 Å². The molecule has 0 saturated carbocycles. The maximum Gasteiger partial charge on any atom is 0.268 e. The van der Waals surface area contributed by atoms with Crippen LogP contribution in [0.2, 0.25) is 5.02 Å². The molecule has 1 aromatic heterocycles. The third-order valence-corrected chi connectivity index (χ3v) is 4.92. The summed E-state index contributed by atoms with van der Waals surface area (Å²) in [7, 11) is 1.64. The van der Waals surface area contributed by atoms with E-state index in [2.05, 4.69) is 10.2 Å². The van der Waals surface area contributed by atoms with Crippen LogP contribution in [0.15, 0.2) is 53.3 Å². The van der Waals surface area contributed by atoms with Gasteiger partial charge in [-0.3, -0.25) is 15.0 Å². The Bertz CT molecular complexity index is 982. The number of H-pyrrole nitrogens is 2. The first-order valence-corrected chi connectivity index (χ1v) is 8.44. The van der Waals surface area contributed by atoms with E-state index in [4.69, 9.17) is 16.3 Å². The SMILES string of the molecule is COc1ccc(C2CC(c3ccc(Cl)cc3)=Cc3[nH][nH]c(=O)c32)cc1. The molecule has 0 saturated heterocycles. The number of allylic oxidation sites excluding steroid dienone is 1. The van der Waals surface area contributed by atoms with Crippen LogP contribution in [0.5, 0.6) is 5.75 Å². The predicted octanol–water partition coefficient (Wildman–Crippen LogP) is 4.44. The highest BCUT2D eigenvalue weighted by Gasteiger charge is 2.27. The van der Waals surface area contributed by atoms with Gasteiger partial charge in [0.2, 0.25) is 0 Å². The number of aromatic nitrogens is 2. The summed E-state index contributed by atoms with van der Waals surface area (Å²) < 4.78 is 5.24. The lowest BCUT2D eigenvalue weighted by Gasteiger charge is -2.23. The molecule has 5 heteroatoms. The number of aromatic amines is 2. The summed E-state index contributed by atoms with van der Waals surface area (Å²) in [5.41, 5.74) is 4.91. The van der Waals surface area contributed by atoms with E-state index >= 15 is 0 Å². The average Bonchev–Trinajstić information content (AvgIpc) is 3.03. The highest BCUT2D eigenvalue weighted by Crippen LogP contribution is 2.40. The Morgan fingerprint density at radius 1 is 1.04 bits per heavy atom. The fourth-order valence-electron chi connectivity index (χ4n) is 3.38. The maximum absolute atomic E-state index is 12.3. The quantitative estimate of drug-likeness (QED) is 0.732. The Hall–Kier alpha value is -2.72. The fraction of sp³-hybridized carbons (Fsp3) is 0.150. The second-order valence-corrected chi connectivity index (χ2v) is 6.55. The topological polar surface area (TPSA) is 57.9 Å². The first-order valence-electron chi connectivity index (χ1n) is 8.06. The third-order valence-electron chi connectivity index (χ3n) is 4.67. The highest BCUT2D eigenvalue weighted by molar-refractivity contribution is 6.30. The number of ether oxygens (including phenoxy) is 1. The number of fused-ring (bicyclic) bond motifs is 1. The Morgan fingerprint density at radius 3 is 2.44 bits per heavy atom. The van der Waals surface area contributed by atoms with E-state index in [0.717, 1.165) is 34.6 Å². The van der Waals surface area contributed by atoms with Crippen molar-refractivity contribution in [3.63, 3.8) is 0 Å². The number of halogens is 1. The van der Waals surface area contributed by atoms with Crippen molar-refractivity contribution in [2.75, 3.05) is 7.11 Å². The van der Waals surface area contributed by atoms with Crippen molar-refractivity contribution >= 4 is 23.3 Å². The molecule has 25 heavy (non-hydrogen) atoms. The van der Waals surface area contributed by atoms with Crippen LogP contribution in [-0.2, 0) is 0 Å². The van der Waals surface area contributed by atoms with Gasteiger partial charge in [-0.25, -0.2) is 0 Å². The summed E-state index contributed by atoms with van der Waals surface area (Å²) >= 11 is 6.00. The molecule has 4 nitrogen and oxygen atoms in total. The molecule has 1 aliphatic rings. The first-order chi connectivity index (χ1) is 12.2. The van der Waals surface area contributed by atoms with E-state index in [9.17, 15) is 4.79 Å². The predicted molar refractivity (Wildman–Crippen MR) is 100 cm³/mol. The van der Waals surface area contributed by atoms with Crippen LogP contribution in [0.3, 0.4) is 0 Å². The summed E-state index contributed by atoms with van der Waals surface area (Å²) in [6.07, 6.45) is 2.79. The Balaban J connectivity index is 1.79. The zero-order chi connectivity index (χ0) is 17.4. The normalized spacial score (nSPS) is 16.2. The lowest BCUT2D eigenvalue weighted by atomic mass is 9.80. The second-order valence-electron chi connectivity index (χ2n) is 6.11. The molecule has 2 aromatic carbocycles. The first kappa shape index (κ1) is 15.8. The van der Waals surface area contributed by atoms with Gasteiger partial charge in [-0.1, -0.05) is 35.9 Å². The van der Waals surface area contributed by atoms with E-state index in [1.54, 1.807) is 7.11 Å². The summed E-state index contributed by atoms with van der Waals surface area (Å²) in [5, 5.41) is 6.42. The molecular weight excluding hydrogens is 336 g/mol. The lowest BCUT2D eigenvalue weighted by Crippen LogP contribution is -2.16. The molecule has 0 radical (unpaired) electrons. The van der Waals surface area contributed by atoms with E-state index in [-0.39, 0.29) is 11.5 Å². The highest BCUT2D eigenvalue weighted by atomic mass is 35.5. The maximum atomic E-state index is 12.3. The molecular formula is C20H17ClN2O2. The van der Waals surface area contributed by atoms with Gasteiger partial charge in [0.05, 0.1) is 18.4 Å². The van der Waals surface area contributed by atoms with Crippen molar-refractivity contribution in [3.05, 3.63) is 86.3 Å². The van der Waals surface area contributed by atoms with Gasteiger partial charge in [0.25, 0.3) is 5.56 Å². The standard InChI is InChI=1S/C20H17ClN2O2/c1-25-16-8-4-13(5-9-16)17-10-14(12-2-6-15(21)7-3-12)11-18-19(17)20(24)23-22-18/h2-9,11,17H,10H2,1H3,(H2,22,23,24). The lowest BCUT2D eigenvalue weighted by molar-refractivity contribution is 0.414. The van der Waals surface area contributed by atoms with Gasteiger partial charge >= 0.3 is 0 Å². The molecule has 2 N–H and O–H groups in total. The van der Waals surface area contributed by atoms with Crippen LogP contribution < -0.4 is 10.3 Å². The number of hydrogen-bond acceptors (Lipinski definition) is 2. The Morgan fingerprint density at radius 2 is 1.76 bits per heavy atom. The van der Waals surface area contributed by atoms with Crippen molar-refractivity contribution in [2.24, 2.45) is 0 Å². The van der Waals surface area contributed by atoms with E-state index in [1.165, 1.54) is 5.57 Å². The summed E-state index contributed by atoms with van der Waals surface area (Å²) in [5.74, 6) is 0.794. The number of hydrogen-bond donors (Lipinski definition) is 2. The van der Waals surface area contributed by atoms with E-state index in [0.29, 0.717) is 5.02 Å². The number of methoxy groups -OCH3 is 1. The number of rotatable bonds is 3. The Labute approximate surface area is 150 Å². The van der Waals surface area contributed by atoms with Crippen molar-refractivity contribution in [1.29, 1.82) is 0 Å². The van der Waals surface area contributed by atoms with E-state index < -0.39 is 0 Å². The molecule has 1 unspecified atom stereocenters. The summed E-state index contributed by atoms with van der Waals surface area (Å²) in [6.45, 7) is 0.